The van der Waals surface area contributed by atoms with Crippen LogP contribution in [0.4, 0.5) is 0 Å². The van der Waals surface area contributed by atoms with Crippen molar-refractivity contribution in [2.45, 2.75) is 131 Å². The third kappa shape index (κ3) is 3.61. The van der Waals surface area contributed by atoms with Crippen LogP contribution in [0.15, 0.2) is 11.6 Å². The van der Waals surface area contributed by atoms with E-state index in [2.05, 4.69) is 54.5 Å². The van der Waals surface area contributed by atoms with E-state index in [4.69, 9.17) is 0 Å². The van der Waals surface area contributed by atoms with Gasteiger partial charge in [-0.3, -0.25) is 0 Å². The summed E-state index contributed by atoms with van der Waals surface area (Å²) in [5, 5.41) is 34.3. The highest BCUT2D eigenvalue weighted by Gasteiger charge is 2.71. The average Bonchev–Trinajstić information content (AvgIpc) is 3.08. The van der Waals surface area contributed by atoms with Crippen molar-refractivity contribution in [1.82, 2.24) is 0 Å². The van der Waals surface area contributed by atoms with Gasteiger partial charge in [0.05, 0.1) is 17.8 Å². The fourth-order valence-electron chi connectivity index (χ4n) is 10.3. The van der Waals surface area contributed by atoms with E-state index in [1.54, 1.807) is 0 Å². The van der Waals surface area contributed by atoms with Gasteiger partial charge in [0.25, 0.3) is 0 Å². The Labute approximate surface area is 203 Å². The van der Waals surface area contributed by atoms with Crippen LogP contribution in [0.2, 0.25) is 0 Å². The van der Waals surface area contributed by atoms with Crippen LogP contribution < -0.4 is 0 Å². The normalized spacial score (nSPS) is 50.5. The SMILES string of the molecule is CC(C)=CCC[C@](C)(O)[C@H]1CC[C@@]2(C)[C@@H]1[C@H](O)C[C@@H]1[C@@]3(C)CC[C@@H](O)C(C)(C)C3CC[C@]12C. The van der Waals surface area contributed by atoms with Gasteiger partial charge in [-0.15, -0.1) is 0 Å². The Bertz CT molecular complexity index is 779. The summed E-state index contributed by atoms with van der Waals surface area (Å²) in [7, 11) is 0. The van der Waals surface area contributed by atoms with Crippen LogP contribution >= 0.6 is 0 Å². The summed E-state index contributed by atoms with van der Waals surface area (Å²) in [6.07, 6.45) is 10.6. The van der Waals surface area contributed by atoms with E-state index in [1.165, 1.54) is 18.4 Å². The maximum atomic E-state index is 11.8. The van der Waals surface area contributed by atoms with Gasteiger partial charge in [0.15, 0.2) is 0 Å². The number of hydrogen-bond acceptors (Lipinski definition) is 3. The van der Waals surface area contributed by atoms with Crippen LogP contribution in [-0.4, -0.2) is 33.1 Å². The smallest absolute Gasteiger partial charge is 0.0654 e. The predicted molar refractivity (Wildman–Crippen MR) is 136 cm³/mol. The van der Waals surface area contributed by atoms with Gasteiger partial charge >= 0.3 is 0 Å². The van der Waals surface area contributed by atoms with Gasteiger partial charge in [0.2, 0.25) is 0 Å². The minimum Gasteiger partial charge on any atom is -0.393 e. The van der Waals surface area contributed by atoms with Crippen molar-refractivity contribution in [3.63, 3.8) is 0 Å². The van der Waals surface area contributed by atoms with Crippen LogP contribution in [0.25, 0.3) is 0 Å². The van der Waals surface area contributed by atoms with E-state index < -0.39 is 5.60 Å². The number of aliphatic hydroxyl groups is 3. The highest BCUT2D eigenvalue weighted by molar-refractivity contribution is 5.20. The topological polar surface area (TPSA) is 60.7 Å². The van der Waals surface area contributed by atoms with Crippen molar-refractivity contribution in [3.05, 3.63) is 11.6 Å². The Morgan fingerprint density at radius 1 is 0.909 bits per heavy atom. The standard InChI is InChI=1S/C30H52O3/c1-19(2)10-9-14-30(8,33)20-11-16-29(7)25(20)21(31)18-23-27(5)15-13-24(32)26(3,4)22(27)12-17-28(23,29)6/h10,20-25,31-33H,9,11-18H2,1-8H3/t20-,21+,22?,23+,24+,25-,27-,28+,29-,30-/m0/s1. The number of fused-ring (bicyclic) bond motifs is 5. The number of rotatable bonds is 4. The summed E-state index contributed by atoms with van der Waals surface area (Å²) in [6.45, 7) is 18.3. The first-order valence-corrected chi connectivity index (χ1v) is 13.8. The molecule has 0 radical (unpaired) electrons. The zero-order valence-corrected chi connectivity index (χ0v) is 22.7. The van der Waals surface area contributed by atoms with Crippen molar-refractivity contribution < 1.29 is 15.3 Å². The van der Waals surface area contributed by atoms with Crippen LogP contribution in [0, 0.1) is 45.3 Å². The summed E-state index contributed by atoms with van der Waals surface area (Å²) in [4.78, 5) is 0. The summed E-state index contributed by atoms with van der Waals surface area (Å²) >= 11 is 0. The highest BCUT2D eigenvalue weighted by Crippen LogP contribution is 2.75. The second-order valence-electron chi connectivity index (χ2n) is 14.5. The molecular formula is C30H52O3. The van der Waals surface area contributed by atoms with E-state index in [1.807, 2.05) is 6.92 Å². The average molecular weight is 461 g/mol. The monoisotopic (exact) mass is 460 g/mol. The van der Waals surface area contributed by atoms with Gasteiger partial charge in [0.1, 0.15) is 0 Å². The Hall–Kier alpha value is -0.380. The van der Waals surface area contributed by atoms with Gasteiger partial charge in [-0.05, 0) is 124 Å². The highest BCUT2D eigenvalue weighted by atomic mass is 16.3. The molecule has 3 N–H and O–H groups in total. The van der Waals surface area contributed by atoms with Crippen molar-refractivity contribution >= 4 is 0 Å². The summed E-state index contributed by atoms with van der Waals surface area (Å²) < 4.78 is 0. The number of allylic oxidation sites excluding steroid dienone is 2. The molecule has 4 aliphatic carbocycles. The first-order chi connectivity index (χ1) is 15.1. The summed E-state index contributed by atoms with van der Waals surface area (Å²) in [6, 6.07) is 0. The quantitative estimate of drug-likeness (QED) is 0.420. The first-order valence-electron chi connectivity index (χ1n) is 13.8. The molecule has 4 fully saturated rings. The Morgan fingerprint density at radius 3 is 2.18 bits per heavy atom. The summed E-state index contributed by atoms with van der Waals surface area (Å²) in [5.74, 6) is 1.31. The zero-order valence-electron chi connectivity index (χ0n) is 22.7. The lowest BCUT2D eigenvalue weighted by Crippen LogP contribution is -2.66. The molecule has 33 heavy (non-hydrogen) atoms. The molecule has 0 saturated heterocycles. The van der Waals surface area contributed by atoms with Crippen LogP contribution in [0.1, 0.15) is 113 Å². The van der Waals surface area contributed by atoms with E-state index in [-0.39, 0.29) is 45.7 Å². The van der Waals surface area contributed by atoms with Gasteiger partial charge in [-0.2, -0.15) is 0 Å². The second-order valence-corrected chi connectivity index (χ2v) is 14.5. The molecule has 0 spiro atoms. The molecule has 4 rings (SSSR count). The third-order valence-corrected chi connectivity index (χ3v) is 12.4. The van der Waals surface area contributed by atoms with Gasteiger partial charge < -0.3 is 15.3 Å². The van der Waals surface area contributed by atoms with Crippen molar-refractivity contribution in [1.29, 1.82) is 0 Å². The lowest BCUT2D eigenvalue weighted by Gasteiger charge is -2.70. The van der Waals surface area contributed by atoms with E-state index in [0.717, 1.165) is 44.9 Å². The molecule has 0 aromatic rings. The Morgan fingerprint density at radius 2 is 1.55 bits per heavy atom. The van der Waals surface area contributed by atoms with Crippen molar-refractivity contribution in [2.75, 3.05) is 0 Å². The summed E-state index contributed by atoms with van der Waals surface area (Å²) in [5.41, 5.74) is 0.885. The molecule has 0 aliphatic heterocycles. The molecule has 0 aromatic carbocycles. The maximum Gasteiger partial charge on any atom is 0.0654 e. The Kier molecular flexibility index (Phi) is 6.28. The largest absolute Gasteiger partial charge is 0.393 e. The molecule has 0 amide bonds. The zero-order chi connectivity index (χ0) is 24.6. The molecular weight excluding hydrogens is 408 g/mol. The van der Waals surface area contributed by atoms with E-state index in [9.17, 15) is 15.3 Å². The Balaban J connectivity index is 1.66. The maximum absolute atomic E-state index is 11.8. The second kappa shape index (κ2) is 8.07. The lowest BCUT2D eigenvalue weighted by molar-refractivity contribution is -0.246. The van der Waals surface area contributed by atoms with E-state index >= 15 is 0 Å². The molecule has 0 bridgehead atoms. The molecule has 10 atom stereocenters. The van der Waals surface area contributed by atoms with Crippen molar-refractivity contribution in [3.8, 4) is 0 Å². The third-order valence-electron chi connectivity index (χ3n) is 12.4. The predicted octanol–water partition coefficient (Wildman–Crippen LogP) is 6.50. The minimum absolute atomic E-state index is 0.0503. The molecule has 1 unspecified atom stereocenters. The van der Waals surface area contributed by atoms with Gasteiger partial charge in [-0.25, -0.2) is 0 Å². The fourth-order valence-corrected chi connectivity index (χ4v) is 10.3. The molecule has 0 heterocycles. The molecule has 3 heteroatoms. The molecule has 0 aromatic heterocycles. The van der Waals surface area contributed by atoms with Gasteiger partial charge in [0, 0.05) is 0 Å². The fraction of sp³-hybridized carbons (Fsp3) is 0.933. The first kappa shape index (κ1) is 25.7. The number of aliphatic hydroxyl groups excluding tert-OH is 2. The van der Waals surface area contributed by atoms with Gasteiger partial charge in [-0.1, -0.05) is 46.3 Å². The van der Waals surface area contributed by atoms with Crippen molar-refractivity contribution in [2.24, 2.45) is 45.3 Å². The molecule has 3 nitrogen and oxygen atoms in total. The van der Waals surface area contributed by atoms with Crippen LogP contribution in [0.3, 0.4) is 0 Å². The molecule has 4 saturated carbocycles. The van der Waals surface area contributed by atoms with Crippen LogP contribution in [0.5, 0.6) is 0 Å². The molecule has 4 aliphatic rings. The molecule has 190 valence electrons. The van der Waals surface area contributed by atoms with Crippen LogP contribution in [-0.2, 0) is 0 Å². The lowest BCUT2D eigenvalue weighted by atomic mass is 9.35. The number of hydrogen-bond donors (Lipinski definition) is 3. The van der Waals surface area contributed by atoms with E-state index in [0.29, 0.717) is 11.8 Å². The minimum atomic E-state index is -0.739.